The molecule has 6 heteroatoms. The lowest BCUT2D eigenvalue weighted by Gasteiger charge is -2.07. The Bertz CT molecular complexity index is 1110. The molecule has 1 aromatic carbocycles. The summed E-state index contributed by atoms with van der Waals surface area (Å²) in [6.07, 6.45) is 3.19. The molecule has 3 aromatic heterocycles. The third kappa shape index (κ3) is 3.69. The fraction of sp³-hybridized carbons (Fsp3) is 0. The minimum absolute atomic E-state index is 0.171. The van der Waals surface area contributed by atoms with Crippen LogP contribution in [0.15, 0.2) is 90.3 Å². The van der Waals surface area contributed by atoms with Crippen LogP contribution in [-0.2, 0) is 0 Å². The van der Waals surface area contributed by atoms with Crippen LogP contribution in [-0.4, -0.2) is 26.4 Å². The van der Waals surface area contributed by atoms with E-state index in [2.05, 4.69) is 25.5 Å². The van der Waals surface area contributed by atoms with Crippen molar-refractivity contribution in [3.05, 3.63) is 96.6 Å². The molecule has 0 aliphatic heterocycles. The summed E-state index contributed by atoms with van der Waals surface area (Å²) in [6.45, 7) is 0. The maximum Gasteiger partial charge on any atom is 0.233 e. The van der Waals surface area contributed by atoms with Gasteiger partial charge in [-0.3, -0.25) is 20.2 Å². The van der Waals surface area contributed by atoms with Gasteiger partial charge in [-0.1, -0.05) is 30.3 Å². The van der Waals surface area contributed by atoms with Crippen molar-refractivity contribution in [1.29, 1.82) is 0 Å². The number of nitrogens with zero attached hydrogens (tertiary/aromatic N) is 4. The molecule has 0 saturated carbocycles. The first-order valence-electron chi connectivity index (χ1n) is 8.38. The largest absolute Gasteiger partial charge is 0.285 e. The number of nitrogens with one attached hydrogen (secondary N) is 1. The molecule has 0 aliphatic rings. The number of carbonyl (C=O) groups excluding carboxylic acids is 1. The van der Waals surface area contributed by atoms with Crippen molar-refractivity contribution < 1.29 is 4.79 Å². The number of rotatable bonds is 5. The van der Waals surface area contributed by atoms with Crippen LogP contribution in [0.2, 0.25) is 0 Å². The molecular weight excluding hydrogens is 338 g/mol. The van der Waals surface area contributed by atoms with Crippen LogP contribution < -0.4 is 5.43 Å². The zero-order valence-electron chi connectivity index (χ0n) is 14.3. The second kappa shape index (κ2) is 7.53. The van der Waals surface area contributed by atoms with E-state index in [0.29, 0.717) is 17.2 Å². The lowest BCUT2D eigenvalue weighted by Crippen LogP contribution is -2.20. The van der Waals surface area contributed by atoms with Gasteiger partial charge >= 0.3 is 0 Å². The number of anilines is 1. The van der Waals surface area contributed by atoms with Crippen LogP contribution in [0.3, 0.4) is 0 Å². The highest BCUT2D eigenvalue weighted by molar-refractivity contribution is 6.50. The highest BCUT2D eigenvalue weighted by Gasteiger charge is 2.18. The van der Waals surface area contributed by atoms with Gasteiger partial charge in [0.2, 0.25) is 5.78 Å². The standard InChI is InChI=1S/C21H15N5O/c27-21(18-10-4-6-14-23-18)20(17-9-3-5-13-22-17)26-25-19-12-11-15-7-1-2-8-16(15)24-19/h1-14H,(H,24,25). The summed E-state index contributed by atoms with van der Waals surface area (Å²) >= 11 is 0. The second-order valence-corrected chi connectivity index (χ2v) is 5.72. The Kier molecular flexibility index (Phi) is 4.61. The lowest BCUT2D eigenvalue weighted by atomic mass is 10.1. The molecule has 0 fully saturated rings. The molecule has 1 N–H and O–H groups in total. The first kappa shape index (κ1) is 16.5. The van der Waals surface area contributed by atoms with E-state index >= 15 is 0 Å². The topological polar surface area (TPSA) is 80.1 Å². The number of Topliss-reactive ketones (excluding diaryl/α,β-unsaturated/α-hetero) is 1. The van der Waals surface area contributed by atoms with Gasteiger partial charge in [0.15, 0.2) is 5.71 Å². The summed E-state index contributed by atoms with van der Waals surface area (Å²) in [6, 6.07) is 22.0. The number of fused-ring (bicyclic) bond motifs is 1. The van der Waals surface area contributed by atoms with Crippen molar-refractivity contribution >= 4 is 28.2 Å². The first-order valence-corrected chi connectivity index (χ1v) is 8.38. The fourth-order valence-corrected chi connectivity index (χ4v) is 2.59. The molecule has 0 amide bonds. The predicted molar refractivity (Wildman–Crippen MR) is 105 cm³/mol. The summed E-state index contributed by atoms with van der Waals surface area (Å²) in [4.78, 5) is 25.8. The van der Waals surface area contributed by atoms with Gasteiger partial charge in [-0.05, 0) is 42.5 Å². The monoisotopic (exact) mass is 353 g/mol. The molecule has 0 aliphatic carbocycles. The third-order valence-electron chi connectivity index (χ3n) is 3.90. The normalized spacial score (nSPS) is 11.3. The summed E-state index contributed by atoms with van der Waals surface area (Å²) in [5, 5.41) is 5.33. The minimum Gasteiger partial charge on any atom is -0.285 e. The number of pyridine rings is 3. The van der Waals surface area contributed by atoms with E-state index in [1.807, 2.05) is 36.4 Å². The second-order valence-electron chi connectivity index (χ2n) is 5.72. The van der Waals surface area contributed by atoms with Crippen LogP contribution in [0.4, 0.5) is 5.82 Å². The Balaban J connectivity index is 1.70. The molecular formula is C21H15N5O. The van der Waals surface area contributed by atoms with Gasteiger partial charge in [0, 0.05) is 17.8 Å². The van der Waals surface area contributed by atoms with E-state index in [-0.39, 0.29) is 11.5 Å². The average molecular weight is 353 g/mol. The summed E-state index contributed by atoms with van der Waals surface area (Å²) < 4.78 is 0. The van der Waals surface area contributed by atoms with Gasteiger partial charge in [0.25, 0.3) is 0 Å². The van der Waals surface area contributed by atoms with E-state index in [0.717, 1.165) is 10.9 Å². The number of para-hydroxylation sites is 1. The van der Waals surface area contributed by atoms with Crippen LogP contribution in [0, 0.1) is 0 Å². The van der Waals surface area contributed by atoms with Crippen molar-refractivity contribution in [3.8, 4) is 0 Å². The van der Waals surface area contributed by atoms with E-state index in [1.54, 1.807) is 48.8 Å². The number of ketones is 1. The van der Waals surface area contributed by atoms with E-state index in [4.69, 9.17) is 0 Å². The Hall–Kier alpha value is -3.93. The van der Waals surface area contributed by atoms with Gasteiger partial charge < -0.3 is 0 Å². The molecule has 0 unspecified atom stereocenters. The van der Waals surface area contributed by atoms with Crippen LogP contribution >= 0.6 is 0 Å². The quantitative estimate of drug-likeness (QED) is 0.336. The highest BCUT2D eigenvalue weighted by Crippen LogP contribution is 2.15. The Labute approximate surface area is 155 Å². The number of hydrogen-bond acceptors (Lipinski definition) is 6. The number of aromatic nitrogens is 3. The molecule has 0 radical (unpaired) electrons. The SMILES string of the molecule is O=C(C(=NNc1ccc2ccccc2n1)c1ccccn1)c1ccccn1. The zero-order valence-corrected chi connectivity index (χ0v) is 14.3. The number of benzene rings is 1. The van der Waals surface area contributed by atoms with Gasteiger partial charge in [-0.15, -0.1) is 0 Å². The lowest BCUT2D eigenvalue weighted by molar-refractivity contribution is 0.106. The molecule has 0 saturated heterocycles. The van der Waals surface area contributed by atoms with Crippen LogP contribution in [0.5, 0.6) is 0 Å². The molecule has 3 heterocycles. The molecule has 0 atom stereocenters. The minimum atomic E-state index is -0.317. The molecule has 4 rings (SSSR count). The van der Waals surface area contributed by atoms with E-state index < -0.39 is 0 Å². The number of hydrogen-bond donors (Lipinski definition) is 1. The van der Waals surface area contributed by atoms with E-state index in [1.165, 1.54) is 0 Å². The van der Waals surface area contributed by atoms with E-state index in [9.17, 15) is 4.79 Å². The van der Waals surface area contributed by atoms with Crippen LogP contribution in [0.25, 0.3) is 10.9 Å². The average Bonchev–Trinajstić information content (AvgIpc) is 2.75. The summed E-state index contributed by atoms with van der Waals surface area (Å²) in [5.74, 6) is 0.221. The van der Waals surface area contributed by atoms with Gasteiger partial charge in [0.05, 0.1) is 11.2 Å². The molecule has 0 bridgehead atoms. The van der Waals surface area contributed by atoms with Crippen molar-refractivity contribution in [3.63, 3.8) is 0 Å². The predicted octanol–water partition coefficient (Wildman–Crippen LogP) is 3.72. The smallest absolute Gasteiger partial charge is 0.233 e. The van der Waals surface area contributed by atoms with Crippen molar-refractivity contribution in [1.82, 2.24) is 15.0 Å². The molecule has 130 valence electrons. The molecule has 27 heavy (non-hydrogen) atoms. The first-order chi connectivity index (χ1) is 13.3. The molecule has 6 nitrogen and oxygen atoms in total. The molecule has 0 spiro atoms. The van der Waals surface area contributed by atoms with Gasteiger partial charge in [-0.2, -0.15) is 5.10 Å². The zero-order chi connectivity index (χ0) is 18.5. The Morgan fingerprint density at radius 1 is 0.778 bits per heavy atom. The summed E-state index contributed by atoms with van der Waals surface area (Å²) in [7, 11) is 0. The van der Waals surface area contributed by atoms with Crippen molar-refractivity contribution in [2.45, 2.75) is 0 Å². The van der Waals surface area contributed by atoms with Crippen molar-refractivity contribution in [2.24, 2.45) is 5.10 Å². The maximum atomic E-state index is 12.9. The van der Waals surface area contributed by atoms with Gasteiger partial charge in [0.1, 0.15) is 11.5 Å². The Morgan fingerprint density at radius 2 is 1.48 bits per heavy atom. The number of carbonyl (C=O) groups is 1. The summed E-state index contributed by atoms with van der Waals surface area (Å²) in [5.41, 5.74) is 4.65. The maximum absolute atomic E-state index is 12.9. The third-order valence-corrected chi connectivity index (χ3v) is 3.90. The highest BCUT2D eigenvalue weighted by atomic mass is 16.1. The van der Waals surface area contributed by atoms with Crippen molar-refractivity contribution in [2.75, 3.05) is 5.43 Å². The fourth-order valence-electron chi connectivity index (χ4n) is 2.59. The van der Waals surface area contributed by atoms with Gasteiger partial charge in [-0.25, -0.2) is 4.98 Å². The Morgan fingerprint density at radius 3 is 2.22 bits per heavy atom. The molecule has 4 aromatic rings. The van der Waals surface area contributed by atoms with Crippen LogP contribution in [0.1, 0.15) is 16.2 Å². The number of hydrazone groups is 1.